The molecule has 3 aromatic carbocycles. The number of ether oxygens (including phenoxy) is 1. The normalized spacial score (nSPS) is 21.0. The number of nitrogens with zero attached hydrogens (tertiary/aromatic N) is 2. The Kier molecular flexibility index (Phi) is 5.65. The van der Waals surface area contributed by atoms with Crippen LogP contribution < -0.4 is 10.5 Å². The number of nitrogens with two attached hydrogens (primary N) is 1. The van der Waals surface area contributed by atoms with Gasteiger partial charge in [0.1, 0.15) is 24.4 Å². The van der Waals surface area contributed by atoms with Crippen molar-refractivity contribution in [1.82, 2.24) is 4.90 Å². The summed E-state index contributed by atoms with van der Waals surface area (Å²) in [5.74, 6) is 0.390. The van der Waals surface area contributed by atoms with Gasteiger partial charge in [0.05, 0.1) is 5.54 Å². The van der Waals surface area contributed by atoms with E-state index in [0.29, 0.717) is 24.3 Å². The maximum absolute atomic E-state index is 14.9. The van der Waals surface area contributed by atoms with Crippen molar-refractivity contribution in [3.05, 3.63) is 89.7 Å². The van der Waals surface area contributed by atoms with E-state index in [4.69, 9.17) is 10.5 Å². The highest BCUT2D eigenvalue weighted by atomic mass is 19.1. The zero-order valence-electron chi connectivity index (χ0n) is 17.6. The number of halogens is 1. The summed E-state index contributed by atoms with van der Waals surface area (Å²) in [5.41, 5.74) is 8.38. The first-order valence-electron chi connectivity index (χ1n) is 10.2. The molecule has 0 bridgehead atoms. The lowest BCUT2D eigenvalue weighted by Crippen LogP contribution is -2.50. The first kappa shape index (κ1) is 20.9. The Bertz CT molecular complexity index is 1100. The maximum atomic E-state index is 14.9. The Morgan fingerprint density at radius 1 is 1.13 bits per heavy atom. The van der Waals surface area contributed by atoms with Crippen LogP contribution in [0.1, 0.15) is 24.5 Å². The predicted octanol–water partition coefficient (Wildman–Crippen LogP) is 4.26. The van der Waals surface area contributed by atoms with Gasteiger partial charge in [-0.2, -0.15) is 0 Å². The van der Waals surface area contributed by atoms with E-state index in [1.165, 1.54) is 6.07 Å². The van der Waals surface area contributed by atoms with Gasteiger partial charge >= 0.3 is 0 Å². The van der Waals surface area contributed by atoms with E-state index in [1.54, 1.807) is 24.1 Å². The molecule has 1 heterocycles. The summed E-state index contributed by atoms with van der Waals surface area (Å²) in [6.45, 7) is 2.30. The molecule has 0 radical (unpaired) electrons. The number of aliphatic imine (C=N–C) groups is 1. The fourth-order valence-corrected chi connectivity index (χ4v) is 3.79. The van der Waals surface area contributed by atoms with Crippen LogP contribution in [0.5, 0.6) is 5.75 Å². The SMILES string of the molecule is CN1C(N)=NC(C)(c2cccc(-c3ccc(OCc4ccccc4)cc3F)c2)CC1O. The van der Waals surface area contributed by atoms with E-state index in [9.17, 15) is 9.50 Å². The topological polar surface area (TPSA) is 71.1 Å². The van der Waals surface area contributed by atoms with Crippen LogP contribution in [-0.4, -0.2) is 29.2 Å². The van der Waals surface area contributed by atoms with Crippen molar-refractivity contribution in [2.45, 2.75) is 31.7 Å². The van der Waals surface area contributed by atoms with Crippen LogP contribution in [0.3, 0.4) is 0 Å². The molecule has 6 heteroatoms. The van der Waals surface area contributed by atoms with Crippen molar-refractivity contribution < 1.29 is 14.2 Å². The molecule has 2 unspecified atom stereocenters. The third-order valence-corrected chi connectivity index (χ3v) is 5.73. The summed E-state index contributed by atoms with van der Waals surface area (Å²) in [7, 11) is 1.70. The van der Waals surface area contributed by atoms with E-state index in [1.807, 2.05) is 61.5 Å². The molecule has 31 heavy (non-hydrogen) atoms. The molecule has 3 N–H and O–H groups in total. The van der Waals surface area contributed by atoms with Gasteiger partial charge in [0, 0.05) is 25.1 Å². The van der Waals surface area contributed by atoms with E-state index < -0.39 is 11.8 Å². The third kappa shape index (κ3) is 4.39. The molecule has 0 saturated carbocycles. The minimum atomic E-state index is -0.732. The second kappa shape index (κ2) is 8.40. The highest BCUT2D eigenvalue weighted by Crippen LogP contribution is 2.37. The van der Waals surface area contributed by atoms with Gasteiger partial charge in [0.25, 0.3) is 0 Å². The van der Waals surface area contributed by atoms with Crippen molar-refractivity contribution in [2.75, 3.05) is 7.05 Å². The number of hydrogen-bond donors (Lipinski definition) is 2. The van der Waals surface area contributed by atoms with Crippen molar-refractivity contribution in [1.29, 1.82) is 0 Å². The van der Waals surface area contributed by atoms with Crippen LogP contribution in [0.4, 0.5) is 4.39 Å². The standard InChI is InChI=1S/C25H26FN3O2/c1-25(15-23(30)29(2)24(27)28-25)19-10-6-9-18(13-19)21-12-11-20(14-22(21)26)31-16-17-7-4-3-5-8-17/h3-14,23,30H,15-16H2,1-2H3,(H2,27,28). The van der Waals surface area contributed by atoms with Crippen molar-refractivity contribution in [3.63, 3.8) is 0 Å². The molecular weight excluding hydrogens is 393 g/mol. The molecule has 0 aliphatic carbocycles. The molecule has 0 aromatic heterocycles. The first-order valence-corrected chi connectivity index (χ1v) is 10.2. The van der Waals surface area contributed by atoms with Crippen molar-refractivity contribution in [3.8, 4) is 16.9 Å². The molecule has 1 aliphatic rings. The van der Waals surface area contributed by atoms with Gasteiger partial charge in [0.15, 0.2) is 5.96 Å². The lowest BCUT2D eigenvalue weighted by Gasteiger charge is -2.38. The van der Waals surface area contributed by atoms with Gasteiger partial charge in [-0.15, -0.1) is 0 Å². The second-order valence-electron chi connectivity index (χ2n) is 8.04. The lowest BCUT2D eigenvalue weighted by atomic mass is 9.85. The summed E-state index contributed by atoms with van der Waals surface area (Å²) in [6.07, 6.45) is -0.341. The van der Waals surface area contributed by atoms with Gasteiger partial charge < -0.3 is 20.5 Å². The molecule has 1 aliphatic heterocycles. The molecule has 0 fully saturated rings. The van der Waals surface area contributed by atoms with Gasteiger partial charge in [-0.25, -0.2) is 9.38 Å². The Balaban J connectivity index is 1.58. The van der Waals surface area contributed by atoms with Crippen LogP contribution >= 0.6 is 0 Å². The monoisotopic (exact) mass is 419 g/mol. The number of aliphatic hydroxyl groups is 1. The number of guanidine groups is 1. The fraction of sp³-hybridized carbons (Fsp3) is 0.240. The van der Waals surface area contributed by atoms with Gasteiger partial charge in [-0.1, -0.05) is 48.5 Å². The molecule has 0 amide bonds. The molecular formula is C25H26FN3O2. The van der Waals surface area contributed by atoms with Gasteiger partial charge in [-0.05, 0) is 41.8 Å². The minimum absolute atomic E-state index is 0.276. The Hall–Kier alpha value is -3.38. The first-order chi connectivity index (χ1) is 14.9. The van der Waals surface area contributed by atoms with Crippen LogP contribution in [0, 0.1) is 5.82 Å². The molecule has 0 spiro atoms. The van der Waals surface area contributed by atoms with E-state index in [0.717, 1.165) is 16.7 Å². The van der Waals surface area contributed by atoms with Crippen molar-refractivity contribution >= 4 is 5.96 Å². The Labute approximate surface area is 181 Å². The number of rotatable bonds is 5. The van der Waals surface area contributed by atoms with Crippen molar-refractivity contribution in [2.24, 2.45) is 10.7 Å². The molecule has 4 rings (SSSR count). The van der Waals surface area contributed by atoms with Crippen LogP contribution in [0.25, 0.3) is 11.1 Å². The second-order valence-corrected chi connectivity index (χ2v) is 8.04. The van der Waals surface area contributed by atoms with E-state index >= 15 is 0 Å². The Morgan fingerprint density at radius 3 is 2.61 bits per heavy atom. The molecule has 3 aromatic rings. The average Bonchev–Trinajstić information content (AvgIpc) is 2.77. The highest BCUT2D eigenvalue weighted by molar-refractivity contribution is 5.79. The summed E-state index contributed by atoms with van der Waals surface area (Å²) < 4.78 is 20.7. The van der Waals surface area contributed by atoms with Crippen LogP contribution in [0.2, 0.25) is 0 Å². The molecule has 5 nitrogen and oxygen atoms in total. The van der Waals surface area contributed by atoms with Gasteiger partial charge in [-0.3, -0.25) is 0 Å². The lowest BCUT2D eigenvalue weighted by molar-refractivity contribution is 0.0292. The minimum Gasteiger partial charge on any atom is -0.489 e. The van der Waals surface area contributed by atoms with Gasteiger partial charge in [0.2, 0.25) is 0 Å². The summed E-state index contributed by atoms with van der Waals surface area (Å²) in [5, 5.41) is 10.3. The van der Waals surface area contributed by atoms with E-state index in [2.05, 4.69) is 4.99 Å². The number of aliphatic hydroxyl groups excluding tert-OH is 1. The quantitative estimate of drug-likeness (QED) is 0.648. The zero-order valence-corrected chi connectivity index (χ0v) is 17.6. The molecule has 2 atom stereocenters. The van der Waals surface area contributed by atoms with Crippen LogP contribution in [0.15, 0.2) is 77.8 Å². The summed E-state index contributed by atoms with van der Waals surface area (Å²) in [4.78, 5) is 6.13. The number of hydrogen-bond acceptors (Lipinski definition) is 5. The molecule has 160 valence electrons. The van der Waals surface area contributed by atoms with Crippen LogP contribution in [-0.2, 0) is 12.1 Å². The maximum Gasteiger partial charge on any atom is 0.193 e. The average molecular weight is 420 g/mol. The summed E-state index contributed by atoms with van der Waals surface area (Å²) in [6, 6.07) is 22.2. The Morgan fingerprint density at radius 2 is 1.90 bits per heavy atom. The highest BCUT2D eigenvalue weighted by Gasteiger charge is 2.36. The predicted molar refractivity (Wildman–Crippen MR) is 120 cm³/mol. The van der Waals surface area contributed by atoms with E-state index in [-0.39, 0.29) is 11.8 Å². The largest absolute Gasteiger partial charge is 0.489 e. The summed E-state index contributed by atoms with van der Waals surface area (Å²) >= 11 is 0. The zero-order chi connectivity index (χ0) is 22.0. The third-order valence-electron chi connectivity index (χ3n) is 5.73. The fourth-order valence-electron chi connectivity index (χ4n) is 3.79. The number of benzene rings is 3. The smallest absolute Gasteiger partial charge is 0.193 e. The molecule has 0 saturated heterocycles.